The van der Waals surface area contributed by atoms with E-state index in [1.165, 1.54) is 12.3 Å². The number of hydrogen-bond acceptors (Lipinski definition) is 2. The average molecular weight is 318 g/mol. The quantitative estimate of drug-likeness (QED) is 0.624. The lowest BCUT2D eigenvalue weighted by molar-refractivity contribution is -0.139. The number of benzene rings is 1. The van der Waals surface area contributed by atoms with Crippen LogP contribution in [0.15, 0.2) is 61.1 Å². The molecule has 0 bridgehead atoms. The van der Waals surface area contributed by atoms with E-state index in [-0.39, 0.29) is 5.56 Å². The largest absolute Gasteiger partial charge is 0.419 e. The molecule has 2 heterocycles. The lowest BCUT2D eigenvalue weighted by Crippen LogP contribution is -2.07. The molecule has 2 aromatic heterocycles. The van der Waals surface area contributed by atoms with Crippen molar-refractivity contribution in [1.29, 1.82) is 0 Å². The molecular formula is C17H10F4N2. The molecule has 2 nitrogen and oxygen atoms in total. The second kappa shape index (κ2) is 5.79. The monoisotopic (exact) mass is 318 g/mol. The van der Waals surface area contributed by atoms with Crippen molar-refractivity contribution in [2.75, 3.05) is 0 Å². The van der Waals surface area contributed by atoms with Gasteiger partial charge in [-0.3, -0.25) is 9.97 Å². The van der Waals surface area contributed by atoms with Crippen molar-refractivity contribution in [2.24, 2.45) is 0 Å². The molecule has 0 aliphatic heterocycles. The number of rotatable bonds is 2. The molecule has 0 N–H and O–H groups in total. The van der Waals surface area contributed by atoms with Crippen LogP contribution < -0.4 is 0 Å². The lowest BCUT2D eigenvalue weighted by Gasteiger charge is -2.10. The molecule has 3 rings (SSSR count). The molecule has 3 aromatic rings. The topological polar surface area (TPSA) is 25.8 Å². The number of nitrogens with zero attached hydrogens (tertiary/aromatic N) is 2. The van der Waals surface area contributed by atoms with E-state index in [2.05, 4.69) is 9.97 Å². The molecular weight excluding hydrogens is 308 g/mol. The van der Waals surface area contributed by atoms with Crippen molar-refractivity contribution in [2.45, 2.75) is 6.18 Å². The molecule has 116 valence electrons. The first-order chi connectivity index (χ1) is 10.9. The molecule has 0 saturated heterocycles. The lowest BCUT2D eigenvalue weighted by atomic mass is 10.0. The van der Waals surface area contributed by atoms with E-state index in [1.54, 1.807) is 36.7 Å². The van der Waals surface area contributed by atoms with Crippen LogP contribution in [0.1, 0.15) is 5.56 Å². The van der Waals surface area contributed by atoms with Crippen LogP contribution in [-0.2, 0) is 6.18 Å². The van der Waals surface area contributed by atoms with Gasteiger partial charge < -0.3 is 0 Å². The third-order valence-electron chi connectivity index (χ3n) is 3.34. The summed E-state index contributed by atoms with van der Waals surface area (Å²) in [4.78, 5) is 8.03. The SMILES string of the molecule is Fc1cc(-c2cc(-c3ccncc3)ccn2)ccc1C(F)(F)F. The van der Waals surface area contributed by atoms with E-state index in [0.29, 0.717) is 5.69 Å². The van der Waals surface area contributed by atoms with Crippen LogP contribution in [0.2, 0.25) is 0 Å². The number of hydrogen-bond donors (Lipinski definition) is 0. The summed E-state index contributed by atoms with van der Waals surface area (Å²) in [5, 5.41) is 0. The van der Waals surface area contributed by atoms with Crippen molar-refractivity contribution in [3.05, 3.63) is 72.4 Å². The summed E-state index contributed by atoms with van der Waals surface area (Å²) >= 11 is 0. The molecule has 0 aliphatic rings. The third kappa shape index (κ3) is 3.21. The minimum atomic E-state index is -4.71. The van der Waals surface area contributed by atoms with Crippen molar-refractivity contribution in [3.63, 3.8) is 0 Å². The summed E-state index contributed by atoms with van der Waals surface area (Å²) in [6.45, 7) is 0. The molecule has 0 atom stereocenters. The Hall–Kier alpha value is -2.76. The highest BCUT2D eigenvalue weighted by Crippen LogP contribution is 2.33. The Morgan fingerprint density at radius 3 is 2.09 bits per heavy atom. The van der Waals surface area contributed by atoms with Gasteiger partial charge in [-0.05, 0) is 47.5 Å². The minimum absolute atomic E-state index is 0.284. The van der Waals surface area contributed by atoms with Gasteiger partial charge in [0, 0.05) is 24.2 Å². The maximum absolute atomic E-state index is 13.7. The Balaban J connectivity index is 2.02. The summed E-state index contributed by atoms with van der Waals surface area (Å²) < 4.78 is 51.5. The average Bonchev–Trinajstić information content (AvgIpc) is 2.54. The fourth-order valence-electron chi connectivity index (χ4n) is 2.22. The highest BCUT2D eigenvalue weighted by atomic mass is 19.4. The van der Waals surface area contributed by atoms with E-state index in [1.807, 2.05) is 0 Å². The third-order valence-corrected chi connectivity index (χ3v) is 3.34. The van der Waals surface area contributed by atoms with Gasteiger partial charge in [0.05, 0.1) is 11.3 Å². The highest BCUT2D eigenvalue weighted by Gasteiger charge is 2.33. The van der Waals surface area contributed by atoms with Crippen LogP contribution >= 0.6 is 0 Å². The second-order valence-electron chi connectivity index (χ2n) is 4.86. The molecule has 0 radical (unpaired) electrons. The summed E-state index contributed by atoms with van der Waals surface area (Å²) in [6.07, 6.45) is 0.0794. The maximum Gasteiger partial charge on any atom is 0.419 e. The van der Waals surface area contributed by atoms with E-state index in [0.717, 1.165) is 23.3 Å². The Morgan fingerprint density at radius 2 is 1.43 bits per heavy atom. The van der Waals surface area contributed by atoms with Crippen LogP contribution in [0.5, 0.6) is 0 Å². The van der Waals surface area contributed by atoms with Gasteiger partial charge in [-0.1, -0.05) is 6.07 Å². The van der Waals surface area contributed by atoms with Gasteiger partial charge in [0.15, 0.2) is 0 Å². The Labute approximate surface area is 129 Å². The fraction of sp³-hybridized carbons (Fsp3) is 0.0588. The van der Waals surface area contributed by atoms with Crippen LogP contribution in [0.3, 0.4) is 0 Å². The number of aromatic nitrogens is 2. The predicted molar refractivity (Wildman–Crippen MR) is 77.9 cm³/mol. The van der Waals surface area contributed by atoms with Gasteiger partial charge >= 0.3 is 6.18 Å². The van der Waals surface area contributed by atoms with E-state index in [4.69, 9.17) is 0 Å². The Kier molecular flexibility index (Phi) is 3.82. The predicted octanol–water partition coefficient (Wildman–Crippen LogP) is 4.97. The summed E-state index contributed by atoms with van der Waals surface area (Å²) in [5.41, 5.74) is 1.10. The van der Waals surface area contributed by atoms with Gasteiger partial charge in [-0.25, -0.2) is 4.39 Å². The first-order valence-corrected chi connectivity index (χ1v) is 6.69. The molecule has 1 aromatic carbocycles. The van der Waals surface area contributed by atoms with Crippen LogP contribution in [0, 0.1) is 5.82 Å². The summed E-state index contributed by atoms with van der Waals surface area (Å²) in [6, 6.07) is 9.84. The van der Waals surface area contributed by atoms with E-state index < -0.39 is 17.6 Å². The molecule has 0 amide bonds. The number of alkyl halides is 3. The Morgan fingerprint density at radius 1 is 0.739 bits per heavy atom. The van der Waals surface area contributed by atoms with Crippen molar-refractivity contribution in [3.8, 4) is 22.4 Å². The molecule has 0 unspecified atom stereocenters. The minimum Gasteiger partial charge on any atom is -0.265 e. The normalized spacial score (nSPS) is 11.5. The van der Waals surface area contributed by atoms with Gasteiger partial charge in [0.25, 0.3) is 0 Å². The Bertz CT molecular complexity index is 829. The van der Waals surface area contributed by atoms with Crippen molar-refractivity contribution < 1.29 is 17.6 Å². The van der Waals surface area contributed by atoms with Crippen LogP contribution in [-0.4, -0.2) is 9.97 Å². The number of halogens is 4. The maximum atomic E-state index is 13.7. The molecule has 6 heteroatoms. The van der Waals surface area contributed by atoms with Gasteiger partial charge in [-0.2, -0.15) is 13.2 Å². The number of pyridine rings is 2. The van der Waals surface area contributed by atoms with E-state index in [9.17, 15) is 17.6 Å². The van der Waals surface area contributed by atoms with Gasteiger partial charge in [0.2, 0.25) is 0 Å². The van der Waals surface area contributed by atoms with Crippen molar-refractivity contribution >= 4 is 0 Å². The van der Waals surface area contributed by atoms with Crippen molar-refractivity contribution in [1.82, 2.24) is 9.97 Å². The smallest absolute Gasteiger partial charge is 0.265 e. The summed E-state index contributed by atoms with van der Waals surface area (Å²) in [7, 11) is 0. The van der Waals surface area contributed by atoms with Gasteiger partial charge in [0.1, 0.15) is 5.82 Å². The summed E-state index contributed by atoms with van der Waals surface area (Å²) in [5.74, 6) is -1.31. The zero-order chi connectivity index (χ0) is 16.4. The molecule has 0 aliphatic carbocycles. The highest BCUT2D eigenvalue weighted by molar-refractivity contribution is 5.70. The fourth-order valence-corrected chi connectivity index (χ4v) is 2.22. The zero-order valence-electron chi connectivity index (χ0n) is 11.7. The molecule has 23 heavy (non-hydrogen) atoms. The van der Waals surface area contributed by atoms with E-state index >= 15 is 0 Å². The second-order valence-corrected chi connectivity index (χ2v) is 4.86. The molecule has 0 fully saturated rings. The first-order valence-electron chi connectivity index (χ1n) is 6.69. The zero-order valence-corrected chi connectivity index (χ0v) is 11.7. The molecule has 0 saturated carbocycles. The van der Waals surface area contributed by atoms with Gasteiger partial charge in [-0.15, -0.1) is 0 Å². The van der Waals surface area contributed by atoms with Crippen LogP contribution in [0.4, 0.5) is 17.6 Å². The first kappa shape index (κ1) is 15.1. The molecule has 0 spiro atoms. The van der Waals surface area contributed by atoms with Crippen LogP contribution in [0.25, 0.3) is 22.4 Å². The standard InChI is InChI=1S/C17H10F4N2/c18-15-9-13(1-2-14(15)17(19,20)21)16-10-12(5-8-23-16)11-3-6-22-7-4-11/h1-10H.